The van der Waals surface area contributed by atoms with Gasteiger partial charge in [-0.3, -0.25) is 9.78 Å². The van der Waals surface area contributed by atoms with E-state index < -0.39 is 20.5 Å². The van der Waals surface area contributed by atoms with Gasteiger partial charge >= 0.3 is 0 Å². The fraction of sp³-hybridized carbons (Fsp3) is 0.321. The number of nitrogens with zero attached hydrogens (tertiary/aromatic N) is 6. The predicted molar refractivity (Wildman–Crippen MR) is 141 cm³/mol. The molecular formula is C28H27FN6O3S. The number of aryl methyl sites for hydroxylation is 2. The number of Topliss-reactive ketones (excluding diaryl/α,β-unsaturated/α-hetero) is 1. The molecule has 4 aromatic rings. The average molecular weight is 547 g/mol. The molecule has 11 heteroatoms. The van der Waals surface area contributed by atoms with Crippen molar-refractivity contribution in [2.24, 2.45) is 5.41 Å². The molecule has 0 bridgehead atoms. The highest BCUT2D eigenvalue weighted by Crippen LogP contribution is 2.51. The van der Waals surface area contributed by atoms with E-state index in [0.29, 0.717) is 30.8 Å². The second-order valence-corrected chi connectivity index (χ2v) is 12.4. The zero-order valence-electron chi connectivity index (χ0n) is 21.6. The van der Waals surface area contributed by atoms with Gasteiger partial charge in [0.05, 0.1) is 41.0 Å². The van der Waals surface area contributed by atoms with Gasteiger partial charge in [0.2, 0.25) is 9.84 Å². The number of aromatic nitrogens is 6. The van der Waals surface area contributed by atoms with E-state index in [1.165, 1.54) is 23.1 Å². The molecule has 0 unspecified atom stereocenters. The summed E-state index contributed by atoms with van der Waals surface area (Å²) in [6, 6.07) is 9.62. The first-order valence-electron chi connectivity index (χ1n) is 12.9. The van der Waals surface area contributed by atoms with Gasteiger partial charge < -0.3 is 0 Å². The average Bonchev–Trinajstić information content (AvgIpc) is 3.59. The number of sulfone groups is 1. The first-order valence-corrected chi connectivity index (χ1v) is 14.4. The maximum atomic E-state index is 14.3. The lowest BCUT2D eigenvalue weighted by molar-refractivity contribution is 0.0796. The highest BCUT2D eigenvalue weighted by Gasteiger charge is 2.52. The van der Waals surface area contributed by atoms with Crippen LogP contribution in [0.3, 0.4) is 0 Å². The number of fused-ring (bicyclic) bond motifs is 2. The summed E-state index contributed by atoms with van der Waals surface area (Å²) in [6.07, 6.45) is 7.71. The van der Waals surface area contributed by atoms with Crippen molar-refractivity contribution in [2.45, 2.75) is 56.4 Å². The lowest BCUT2D eigenvalue weighted by Crippen LogP contribution is -2.46. The second kappa shape index (κ2) is 9.33. The largest absolute Gasteiger partial charge is 0.291 e. The van der Waals surface area contributed by atoms with E-state index in [1.807, 2.05) is 26.0 Å². The van der Waals surface area contributed by atoms with Gasteiger partial charge in [-0.15, -0.1) is 5.10 Å². The second-order valence-electron chi connectivity index (χ2n) is 10.2. The number of carbonyl (C=O) groups excluding carboxylic acids is 1. The van der Waals surface area contributed by atoms with Gasteiger partial charge in [0.15, 0.2) is 10.8 Å². The highest BCUT2D eigenvalue weighted by atomic mass is 32.2. The summed E-state index contributed by atoms with van der Waals surface area (Å²) in [7, 11) is -3.83. The molecule has 0 radical (unpaired) electrons. The fourth-order valence-electron chi connectivity index (χ4n) is 5.76. The van der Waals surface area contributed by atoms with Crippen LogP contribution in [0.1, 0.15) is 53.5 Å². The van der Waals surface area contributed by atoms with Crippen molar-refractivity contribution < 1.29 is 17.6 Å². The van der Waals surface area contributed by atoms with Crippen molar-refractivity contribution in [3.8, 4) is 5.69 Å². The van der Waals surface area contributed by atoms with E-state index in [1.54, 1.807) is 35.3 Å². The van der Waals surface area contributed by atoms with E-state index >= 15 is 0 Å². The molecule has 1 saturated carbocycles. The lowest BCUT2D eigenvalue weighted by atomic mass is 9.61. The Morgan fingerprint density at radius 3 is 2.67 bits per heavy atom. The molecule has 0 N–H and O–H groups in total. The maximum absolute atomic E-state index is 14.3. The molecule has 2 aliphatic rings. The highest BCUT2D eigenvalue weighted by molar-refractivity contribution is 7.92. The van der Waals surface area contributed by atoms with Crippen LogP contribution >= 0.6 is 0 Å². The third kappa shape index (κ3) is 4.21. The summed E-state index contributed by atoms with van der Waals surface area (Å²) in [6.45, 7) is 4.18. The molecule has 0 spiro atoms. The predicted octanol–water partition coefficient (Wildman–Crippen LogP) is 4.16. The SMILES string of the molecule is CCn1ncc(S(=O)(=O)[C@H]2CCC3=Cc4c(cnn4-c4ccc(F)cc4)C[C@]3(C(=O)c3cc(C)ccn3)C2)n1. The Balaban J connectivity index is 1.45. The molecule has 2 atom stereocenters. The Labute approximate surface area is 225 Å². The molecule has 200 valence electrons. The standard InChI is InChI=1S/C28H27FN6O3S/c1-3-34-31-17-26(33-34)39(37,38)23-9-4-20-13-25-19(16-32-35(25)22-7-5-21(29)6-8-22)14-28(20,15-23)27(36)24-12-18(2)10-11-30-24/h5-8,10-13,16-17,23H,3-4,9,14-15H2,1-2H3/t23-,28-/m0/s1. The number of allylic oxidation sites excluding steroid dienone is 1. The Kier molecular flexibility index (Phi) is 6.05. The molecule has 0 saturated heterocycles. The third-order valence-corrected chi connectivity index (χ3v) is 9.85. The molecular weight excluding hydrogens is 519 g/mol. The number of benzene rings is 1. The van der Waals surface area contributed by atoms with Gasteiger partial charge in [-0.2, -0.15) is 15.0 Å². The summed E-state index contributed by atoms with van der Waals surface area (Å²) >= 11 is 0. The normalized spacial score (nSPS) is 20.7. The molecule has 0 aliphatic heterocycles. The Morgan fingerprint density at radius 2 is 1.95 bits per heavy atom. The maximum Gasteiger partial charge on any atom is 0.201 e. The van der Waals surface area contributed by atoms with Crippen molar-refractivity contribution in [2.75, 3.05) is 0 Å². The first kappa shape index (κ1) is 25.3. The molecule has 2 aliphatic carbocycles. The van der Waals surface area contributed by atoms with Crippen molar-refractivity contribution >= 4 is 21.7 Å². The van der Waals surface area contributed by atoms with Gasteiger partial charge in [-0.25, -0.2) is 17.5 Å². The first-order chi connectivity index (χ1) is 18.7. The van der Waals surface area contributed by atoms with E-state index in [2.05, 4.69) is 20.3 Å². The summed E-state index contributed by atoms with van der Waals surface area (Å²) < 4.78 is 42.7. The van der Waals surface area contributed by atoms with Crippen LogP contribution in [-0.4, -0.2) is 49.2 Å². The fourth-order valence-corrected chi connectivity index (χ4v) is 7.43. The monoisotopic (exact) mass is 546 g/mol. The Bertz CT molecular complexity index is 1720. The summed E-state index contributed by atoms with van der Waals surface area (Å²) in [5.41, 5.74) is 3.29. The molecule has 0 amide bonds. The number of hydrogen-bond acceptors (Lipinski definition) is 7. The molecule has 9 nitrogen and oxygen atoms in total. The number of carbonyl (C=O) groups is 1. The van der Waals surface area contributed by atoms with Crippen LogP contribution in [-0.2, 0) is 22.8 Å². The van der Waals surface area contributed by atoms with Gasteiger partial charge in [-0.1, -0.05) is 5.57 Å². The summed E-state index contributed by atoms with van der Waals surface area (Å²) in [4.78, 5) is 20.0. The zero-order chi connectivity index (χ0) is 27.4. The van der Waals surface area contributed by atoms with Crippen LogP contribution in [0.25, 0.3) is 11.8 Å². The van der Waals surface area contributed by atoms with Gasteiger partial charge in [0.1, 0.15) is 11.5 Å². The number of rotatable bonds is 6. The minimum absolute atomic E-state index is 0.0707. The van der Waals surface area contributed by atoms with Crippen LogP contribution in [0.2, 0.25) is 0 Å². The molecule has 3 aromatic heterocycles. The minimum Gasteiger partial charge on any atom is -0.291 e. The smallest absolute Gasteiger partial charge is 0.201 e. The number of pyridine rings is 1. The molecule has 3 heterocycles. The van der Waals surface area contributed by atoms with E-state index in [0.717, 1.165) is 22.4 Å². The van der Waals surface area contributed by atoms with E-state index in [4.69, 9.17) is 0 Å². The topological polar surface area (TPSA) is 113 Å². The third-order valence-electron chi connectivity index (χ3n) is 7.80. The Morgan fingerprint density at radius 1 is 1.15 bits per heavy atom. The molecule has 6 rings (SSSR count). The lowest BCUT2D eigenvalue weighted by Gasteiger charge is -2.43. The van der Waals surface area contributed by atoms with Crippen molar-refractivity contribution in [1.29, 1.82) is 0 Å². The molecule has 39 heavy (non-hydrogen) atoms. The van der Waals surface area contributed by atoms with Crippen LogP contribution in [0.5, 0.6) is 0 Å². The van der Waals surface area contributed by atoms with Crippen molar-refractivity contribution in [3.63, 3.8) is 0 Å². The number of halogens is 1. The number of ketones is 1. The van der Waals surface area contributed by atoms with E-state index in [9.17, 15) is 17.6 Å². The van der Waals surface area contributed by atoms with E-state index in [-0.39, 0.29) is 29.5 Å². The zero-order valence-corrected chi connectivity index (χ0v) is 22.4. The van der Waals surface area contributed by atoms with Crippen LogP contribution < -0.4 is 0 Å². The minimum atomic E-state index is -3.83. The quantitative estimate of drug-likeness (QED) is 0.334. The van der Waals surface area contributed by atoms with Crippen molar-refractivity contribution in [3.05, 3.63) is 88.9 Å². The van der Waals surface area contributed by atoms with Crippen LogP contribution in [0, 0.1) is 18.2 Å². The summed E-state index contributed by atoms with van der Waals surface area (Å²) in [5, 5.41) is 11.9. The summed E-state index contributed by atoms with van der Waals surface area (Å²) in [5.74, 6) is -0.540. The van der Waals surface area contributed by atoms with Gasteiger partial charge in [-0.05, 0) is 93.1 Å². The van der Waals surface area contributed by atoms with Crippen LogP contribution in [0.15, 0.2) is 65.6 Å². The van der Waals surface area contributed by atoms with Crippen LogP contribution in [0.4, 0.5) is 4.39 Å². The van der Waals surface area contributed by atoms with Gasteiger partial charge in [0.25, 0.3) is 0 Å². The Hall–Kier alpha value is -3.99. The van der Waals surface area contributed by atoms with Crippen molar-refractivity contribution in [1.82, 2.24) is 29.8 Å². The molecule has 1 fully saturated rings. The molecule has 1 aromatic carbocycles. The number of hydrogen-bond donors (Lipinski definition) is 0. The van der Waals surface area contributed by atoms with Gasteiger partial charge in [0, 0.05) is 6.20 Å².